The van der Waals surface area contributed by atoms with Crippen LogP contribution in [0.1, 0.15) is 37.3 Å². The zero-order valence-electron chi connectivity index (χ0n) is 15.5. The van der Waals surface area contributed by atoms with Crippen LogP contribution in [0.25, 0.3) is 0 Å². The van der Waals surface area contributed by atoms with Crippen LogP contribution < -0.4 is 16.2 Å². The van der Waals surface area contributed by atoms with Crippen molar-refractivity contribution in [2.24, 2.45) is 16.5 Å². The highest BCUT2D eigenvalue weighted by atomic mass is 32.2. The van der Waals surface area contributed by atoms with E-state index in [1.165, 1.54) is 23.7 Å². The van der Waals surface area contributed by atoms with Gasteiger partial charge in [-0.25, -0.2) is 4.99 Å². The monoisotopic (exact) mass is 371 g/mol. The lowest BCUT2D eigenvalue weighted by atomic mass is 10.1. The van der Waals surface area contributed by atoms with E-state index in [9.17, 15) is 0 Å². The number of nitrogens with two attached hydrogens (primary N) is 2. The van der Waals surface area contributed by atoms with Gasteiger partial charge in [-0.2, -0.15) is 0 Å². The molecular formula is C21H29N3OS. The lowest BCUT2D eigenvalue weighted by Gasteiger charge is -2.11. The molecule has 0 aromatic heterocycles. The summed E-state index contributed by atoms with van der Waals surface area (Å²) in [5, 5.41) is 0.572. The molecule has 5 heteroatoms. The van der Waals surface area contributed by atoms with Gasteiger partial charge in [0.05, 0.1) is 12.3 Å². The van der Waals surface area contributed by atoms with Gasteiger partial charge in [-0.3, -0.25) is 0 Å². The number of ether oxygens (including phenoxy) is 1. The first-order chi connectivity index (χ1) is 12.7. The molecule has 140 valence electrons. The quantitative estimate of drug-likeness (QED) is 0.363. The highest BCUT2D eigenvalue weighted by molar-refractivity contribution is 8.13. The third kappa shape index (κ3) is 7.10. The topological polar surface area (TPSA) is 73.6 Å². The molecule has 0 spiro atoms. The number of hydrogen-bond acceptors (Lipinski definition) is 4. The maximum Gasteiger partial charge on any atom is 0.159 e. The molecular weight excluding hydrogens is 342 g/mol. The van der Waals surface area contributed by atoms with E-state index in [0.29, 0.717) is 18.3 Å². The molecule has 0 heterocycles. The van der Waals surface area contributed by atoms with Crippen molar-refractivity contribution < 1.29 is 4.74 Å². The Balaban J connectivity index is 1.77. The third-order valence-corrected chi connectivity index (χ3v) is 4.68. The summed E-state index contributed by atoms with van der Waals surface area (Å²) in [5.41, 5.74) is 14.9. The summed E-state index contributed by atoms with van der Waals surface area (Å²) in [5.74, 6) is 1.75. The first-order valence-electron chi connectivity index (χ1n) is 9.19. The summed E-state index contributed by atoms with van der Waals surface area (Å²) in [7, 11) is 0. The van der Waals surface area contributed by atoms with Gasteiger partial charge in [0.2, 0.25) is 0 Å². The van der Waals surface area contributed by atoms with Crippen molar-refractivity contribution in [3.63, 3.8) is 0 Å². The molecule has 4 nitrogen and oxygen atoms in total. The first-order valence-corrected chi connectivity index (χ1v) is 10.2. The number of thioether (sulfide) groups is 1. The molecule has 0 saturated carbocycles. The summed E-state index contributed by atoms with van der Waals surface area (Å²) >= 11 is 1.53. The second kappa shape index (κ2) is 11.6. The van der Waals surface area contributed by atoms with Crippen LogP contribution in [0.15, 0.2) is 53.5 Å². The smallest absolute Gasteiger partial charge is 0.159 e. The maximum atomic E-state index is 5.92. The van der Waals surface area contributed by atoms with Crippen molar-refractivity contribution in [1.82, 2.24) is 0 Å². The van der Waals surface area contributed by atoms with E-state index >= 15 is 0 Å². The number of aliphatic imine (C=N–C) groups is 1. The molecule has 0 saturated heterocycles. The van der Waals surface area contributed by atoms with E-state index in [1.807, 2.05) is 18.2 Å². The van der Waals surface area contributed by atoms with Crippen molar-refractivity contribution >= 4 is 22.6 Å². The number of aryl methyl sites for hydroxylation is 1. The predicted molar refractivity (Wildman–Crippen MR) is 113 cm³/mol. The van der Waals surface area contributed by atoms with Crippen LogP contribution in [0.4, 0.5) is 5.69 Å². The zero-order chi connectivity index (χ0) is 18.6. The number of nitrogens with zero attached hydrogens (tertiary/aromatic N) is 1. The average molecular weight is 372 g/mol. The molecule has 26 heavy (non-hydrogen) atoms. The summed E-state index contributed by atoms with van der Waals surface area (Å²) in [6.07, 6.45) is 4.49. The molecule has 4 N–H and O–H groups in total. The van der Waals surface area contributed by atoms with E-state index in [4.69, 9.17) is 16.2 Å². The molecule has 0 fully saturated rings. The summed E-state index contributed by atoms with van der Waals surface area (Å²) < 4.78 is 5.92. The van der Waals surface area contributed by atoms with Crippen molar-refractivity contribution in [3.8, 4) is 5.75 Å². The lowest BCUT2D eigenvalue weighted by Crippen LogP contribution is -2.06. The Hall–Kier alpha value is -1.98. The fourth-order valence-corrected chi connectivity index (χ4v) is 3.14. The minimum absolute atomic E-state index is 0.424. The second-order valence-electron chi connectivity index (χ2n) is 6.02. The predicted octanol–water partition coefficient (Wildman–Crippen LogP) is 4.64. The van der Waals surface area contributed by atoms with E-state index in [-0.39, 0.29) is 0 Å². The van der Waals surface area contributed by atoms with Crippen LogP contribution in [0.3, 0.4) is 0 Å². The highest BCUT2D eigenvalue weighted by Gasteiger charge is 2.05. The molecule has 0 unspecified atom stereocenters. The molecule has 0 aliphatic heterocycles. The number of hydrogen-bond donors (Lipinski definition) is 2. The SMILES string of the molecule is CCSC(N)=Nc1ccc(OCCCCCc2ccccc2)c(CN)c1. The summed E-state index contributed by atoms with van der Waals surface area (Å²) in [6.45, 7) is 3.18. The van der Waals surface area contributed by atoms with Gasteiger partial charge in [0, 0.05) is 12.1 Å². The van der Waals surface area contributed by atoms with Crippen LogP contribution in [-0.4, -0.2) is 17.5 Å². The largest absolute Gasteiger partial charge is 0.493 e. The average Bonchev–Trinajstić information content (AvgIpc) is 2.66. The number of unbranched alkanes of at least 4 members (excludes halogenated alkanes) is 2. The molecule has 2 aromatic rings. The number of benzene rings is 2. The molecule has 0 amide bonds. The van der Waals surface area contributed by atoms with Crippen molar-refractivity contribution in [2.45, 2.75) is 39.2 Å². The first kappa shape index (κ1) is 20.3. The van der Waals surface area contributed by atoms with Crippen molar-refractivity contribution in [1.29, 1.82) is 0 Å². The van der Waals surface area contributed by atoms with Gasteiger partial charge >= 0.3 is 0 Å². The zero-order valence-corrected chi connectivity index (χ0v) is 16.3. The summed E-state index contributed by atoms with van der Waals surface area (Å²) in [6, 6.07) is 16.4. The minimum Gasteiger partial charge on any atom is -0.493 e. The standard InChI is InChI=1S/C21H29N3OS/c1-2-26-21(23)24-19-12-13-20(18(15-19)16-22)25-14-8-4-7-11-17-9-5-3-6-10-17/h3,5-6,9-10,12-13,15H,2,4,7-8,11,14,16,22H2,1H3,(H2,23,24). The van der Waals surface area contributed by atoms with Gasteiger partial charge < -0.3 is 16.2 Å². The van der Waals surface area contributed by atoms with Crippen LogP contribution in [-0.2, 0) is 13.0 Å². The maximum absolute atomic E-state index is 5.92. The van der Waals surface area contributed by atoms with Gasteiger partial charge in [-0.05, 0) is 55.2 Å². The van der Waals surface area contributed by atoms with E-state index in [1.54, 1.807) is 0 Å². The molecule has 2 rings (SSSR count). The lowest BCUT2D eigenvalue weighted by molar-refractivity contribution is 0.302. The normalized spacial score (nSPS) is 11.5. The Bertz CT molecular complexity index is 689. The second-order valence-corrected chi connectivity index (χ2v) is 7.31. The minimum atomic E-state index is 0.424. The molecule has 0 aliphatic rings. The van der Waals surface area contributed by atoms with Gasteiger partial charge in [0.1, 0.15) is 5.75 Å². The Morgan fingerprint density at radius 2 is 1.88 bits per heavy atom. The van der Waals surface area contributed by atoms with E-state index < -0.39 is 0 Å². The van der Waals surface area contributed by atoms with Crippen molar-refractivity contribution in [3.05, 3.63) is 59.7 Å². The fraction of sp³-hybridized carbons (Fsp3) is 0.381. The van der Waals surface area contributed by atoms with Gasteiger partial charge in [-0.15, -0.1) is 0 Å². The number of rotatable bonds is 10. The highest BCUT2D eigenvalue weighted by Crippen LogP contribution is 2.25. The third-order valence-electron chi connectivity index (χ3n) is 4.01. The molecule has 2 aromatic carbocycles. The van der Waals surface area contributed by atoms with Crippen LogP contribution in [0.2, 0.25) is 0 Å². The van der Waals surface area contributed by atoms with Crippen LogP contribution in [0.5, 0.6) is 5.75 Å². The fourth-order valence-electron chi connectivity index (χ4n) is 2.68. The number of amidine groups is 1. The molecule has 0 bridgehead atoms. The summed E-state index contributed by atoms with van der Waals surface area (Å²) in [4.78, 5) is 4.39. The van der Waals surface area contributed by atoms with E-state index in [0.717, 1.165) is 42.0 Å². The van der Waals surface area contributed by atoms with Gasteiger partial charge in [-0.1, -0.05) is 49.0 Å². The molecule has 0 aliphatic carbocycles. The molecule has 0 radical (unpaired) electrons. The van der Waals surface area contributed by atoms with Gasteiger partial charge in [0.25, 0.3) is 0 Å². The van der Waals surface area contributed by atoms with Crippen molar-refractivity contribution in [2.75, 3.05) is 12.4 Å². The Morgan fingerprint density at radius 1 is 1.08 bits per heavy atom. The Morgan fingerprint density at radius 3 is 2.62 bits per heavy atom. The van der Waals surface area contributed by atoms with Crippen LogP contribution >= 0.6 is 11.8 Å². The van der Waals surface area contributed by atoms with Crippen LogP contribution in [0, 0.1) is 0 Å². The van der Waals surface area contributed by atoms with Gasteiger partial charge in [0.15, 0.2) is 5.17 Å². The Labute approximate surface area is 161 Å². The van der Waals surface area contributed by atoms with E-state index in [2.05, 4.69) is 42.2 Å². The Kier molecular flexibility index (Phi) is 9.07. The molecule has 0 atom stereocenters.